The van der Waals surface area contributed by atoms with Gasteiger partial charge in [0.2, 0.25) is 0 Å². The number of benzene rings is 1. The highest BCUT2D eigenvalue weighted by Crippen LogP contribution is 2.34. The van der Waals surface area contributed by atoms with E-state index < -0.39 is 0 Å². The lowest BCUT2D eigenvalue weighted by atomic mass is 10.3. The number of anilines is 1. The van der Waals surface area contributed by atoms with Crippen LogP contribution in [0.25, 0.3) is 0 Å². The first kappa shape index (κ1) is 15.1. The zero-order valence-corrected chi connectivity index (χ0v) is 13.5. The molecule has 19 heavy (non-hydrogen) atoms. The highest BCUT2D eigenvalue weighted by atomic mass is 32.2. The van der Waals surface area contributed by atoms with Crippen LogP contribution in [0.3, 0.4) is 0 Å². The summed E-state index contributed by atoms with van der Waals surface area (Å²) in [6, 6.07) is 9.00. The van der Waals surface area contributed by atoms with Crippen LogP contribution in [0, 0.1) is 0 Å². The molecule has 0 heterocycles. The predicted octanol–water partition coefficient (Wildman–Crippen LogP) is 5.28. The van der Waals surface area contributed by atoms with Crippen molar-refractivity contribution in [3.63, 3.8) is 0 Å². The molecule has 0 bridgehead atoms. The second-order valence-electron chi connectivity index (χ2n) is 5.18. The summed E-state index contributed by atoms with van der Waals surface area (Å²) < 4.78 is 0. The molecular weight excluding hydrogens is 270 g/mol. The van der Waals surface area contributed by atoms with Crippen molar-refractivity contribution in [2.24, 2.45) is 0 Å². The van der Waals surface area contributed by atoms with Gasteiger partial charge < -0.3 is 5.32 Å². The van der Waals surface area contributed by atoms with Crippen molar-refractivity contribution in [2.45, 2.75) is 48.7 Å². The number of rotatable bonds is 8. The van der Waals surface area contributed by atoms with E-state index in [2.05, 4.69) is 47.6 Å². The van der Waals surface area contributed by atoms with Crippen LogP contribution < -0.4 is 5.32 Å². The fourth-order valence-corrected chi connectivity index (χ4v) is 4.19. The van der Waals surface area contributed by atoms with E-state index in [4.69, 9.17) is 0 Å². The SMILES string of the molecule is CSCCCCNc1ccc(SC2CCCC2)cc1. The molecule has 1 nitrogen and oxygen atoms in total. The van der Waals surface area contributed by atoms with Crippen LogP contribution in [-0.4, -0.2) is 23.8 Å². The van der Waals surface area contributed by atoms with E-state index in [0.717, 1.165) is 11.8 Å². The fourth-order valence-electron chi connectivity index (χ4n) is 2.45. The first-order valence-electron chi connectivity index (χ1n) is 7.38. The second kappa shape index (κ2) is 8.80. The fraction of sp³-hybridized carbons (Fsp3) is 0.625. The van der Waals surface area contributed by atoms with Crippen molar-refractivity contribution in [2.75, 3.05) is 23.9 Å². The summed E-state index contributed by atoms with van der Waals surface area (Å²) >= 11 is 4.00. The molecule has 1 aromatic carbocycles. The minimum Gasteiger partial charge on any atom is -0.385 e. The standard InChI is InChI=1S/C16H25NS2/c1-18-13-5-4-12-17-14-8-10-16(11-9-14)19-15-6-2-3-7-15/h8-11,15,17H,2-7,12-13H2,1H3. The monoisotopic (exact) mass is 295 g/mol. The Bertz CT molecular complexity index is 344. The Balaban J connectivity index is 1.68. The Labute approximate surface area is 126 Å². The Morgan fingerprint density at radius 1 is 1.11 bits per heavy atom. The maximum Gasteiger partial charge on any atom is 0.0340 e. The molecule has 106 valence electrons. The van der Waals surface area contributed by atoms with Gasteiger partial charge in [-0.05, 0) is 62.0 Å². The molecule has 1 N–H and O–H groups in total. The third-order valence-electron chi connectivity index (χ3n) is 3.56. The molecule has 1 aliphatic carbocycles. The van der Waals surface area contributed by atoms with Crippen LogP contribution >= 0.6 is 23.5 Å². The highest BCUT2D eigenvalue weighted by Gasteiger charge is 2.15. The summed E-state index contributed by atoms with van der Waals surface area (Å²) in [5, 5.41) is 4.37. The van der Waals surface area contributed by atoms with Gasteiger partial charge in [0.1, 0.15) is 0 Å². The van der Waals surface area contributed by atoms with Gasteiger partial charge in [-0.25, -0.2) is 0 Å². The molecule has 0 unspecified atom stereocenters. The summed E-state index contributed by atoms with van der Waals surface area (Å²) in [7, 11) is 0. The molecule has 1 aromatic rings. The number of hydrogen-bond donors (Lipinski definition) is 1. The van der Waals surface area contributed by atoms with Crippen molar-refractivity contribution in [1.82, 2.24) is 0 Å². The van der Waals surface area contributed by atoms with Crippen LogP contribution in [0.15, 0.2) is 29.2 Å². The molecule has 0 radical (unpaired) electrons. The van der Waals surface area contributed by atoms with Gasteiger partial charge in [0.25, 0.3) is 0 Å². The van der Waals surface area contributed by atoms with Gasteiger partial charge in [-0.2, -0.15) is 11.8 Å². The smallest absolute Gasteiger partial charge is 0.0340 e. The zero-order chi connectivity index (χ0) is 13.3. The van der Waals surface area contributed by atoms with Crippen molar-refractivity contribution in [3.8, 4) is 0 Å². The normalized spacial score (nSPS) is 15.8. The Kier molecular flexibility index (Phi) is 7.00. The van der Waals surface area contributed by atoms with Crippen LogP contribution in [0.2, 0.25) is 0 Å². The first-order valence-corrected chi connectivity index (χ1v) is 9.65. The molecular formula is C16H25NS2. The van der Waals surface area contributed by atoms with Crippen LogP contribution in [0.1, 0.15) is 38.5 Å². The molecule has 0 saturated heterocycles. The molecule has 0 aliphatic heterocycles. The van der Waals surface area contributed by atoms with E-state index in [9.17, 15) is 0 Å². The van der Waals surface area contributed by atoms with E-state index in [1.165, 1.54) is 54.9 Å². The summed E-state index contributed by atoms with van der Waals surface area (Å²) in [5.74, 6) is 1.28. The lowest BCUT2D eigenvalue weighted by Crippen LogP contribution is -2.01. The van der Waals surface area contributed by atoms with Crippen molar-refractivity contribution < 1.29 is 0 Å². The summed E-state index contributed by atoms with van der Waals surface area (Å²) in [4.78, 5) is 1.43. The lowest BCUT2D eigenvalue weighted by Gasteiger charge is -2.10. The predicted molar refractivity (Wildman–Crippen MR) is 90.7 cm³/mol. The number of thioether (sulfide) groups is 2. The van der Waals surface area contributed by atoms with Gasteiger partial charge in [-0.3, -0.25) is 0 Å². The van der Waals surface area contributed by atoms with Crippen LogP contribution in [-0.2, 0) is 0 Å². The van der Waals surface area contributed by atoms with E-state index in [1.54, 1.807) is 0 Å². The van der Waals surface area contributed by atoms with Gasteiger partial charge >= 0.3 is 0 Å². The topological polar surface area (TPSA) is 12.0 Å². The average molecular weight is 296 g/mol. The van der Waals surface area contributed by atoms with E-state index in [1.807, 2.05) is 11.8 Å². The average Bonchev–Trinajstić information content (AvgIpc) is 2.93. The number of hydrogen-bond acceptors (Lipinski definition) is 3. The molecule has 1 aliphatic rings. The molecule has 1 fully saturated rings. The third-order valence-corrected chi connectivity index (χ3v) is 5.61. The van der Waals surface area contributed by atoms with Crippen LogP contribution in [0.5, 0.6) is 0 Å². The largest absolute Gasteiger partial charge is 0.385 e. The summed E-state index contributed by atoms with van der Waals surface area (Å²) in [6.07, 6.45) is 10.4. The van der Waals surface area contributed by atoms with E-state index in [0.29, 0.717) is 0 Å². The van der Waals surface area contributed by atoms with Gasteiger partial charge in [0.15, 0.2) is 0 Å². The molecule has 0 amide bonds. The highest BCUT2D eigenvalue weighted by molar-refractivity contribution is 8.00. The van der Waals surface area contributed by atoms with Crippen molar-refractivity contribution >= 4 is 29.2 Å². The third kappa shape index (κ3) is 5.70. The Morgan fingerprint density at radius 3 is 2.53 bits per heavy atom. The first-order chi connectivity index (χ1) is 9.38. The number of nitrogens with one attached hydrogen (secondary N) is 1. The van der Waals surface area contributed by atoms with E-state index >= 15 is 0 Å². The molecule has 0 atom stereocenters. The van der Waals surface area contributed by atoms with Gasteiger partial charge in [0, 0.05) is 22.4 Å². The van der Waals surface area contributed by atoms with Gasteiger partial charge in [-0.15, -0.1) is 11.8 Å². The van der Waals surface area contributed by atoms with Crippen LogP contribution in [0.4, 0.5) is 5.69 Å². The quantitative estimate of drug-likeness (QED) is 0.656. The minimum absolute atomic E-state index is 0.866. The molecule has 2 rings (SSSR count). The van der Waals surface area contributed by atoms with Gasteiger partial charge in [-0.1, -0.05) is 12.8 Å². The van der Waals surface area contributed by atoms with E-state index in [-0.39, 0.29) is 0 Å². The summed E-state index contributed by atoms with van der Waals surface area (Å²) in [6.45, 7) is 1.09. The van der Waals surface area contributed by atoms with Crippen molar-refractivity contribution in [1.29, 1.82) is 0 Å². The molecule has 3 heteroatoms. The lowest BCUT2D eigenvalue weighted by molar-refractivity contribution is 0.843. The zero-order valence-electron chi connectivity index (χ0n) is 11.9. The minimum atomic E-state index is 0.866. The Hall–Kier alpha value is -0.280. The second-order valence-corrected chi connectivity index (χ2v) is 7.53. The maximum absolute atomic E-state index is 3.51. The molecule has 0 aromatic heterocycles. The maximum atomic E-state index is 3.51. The summed E-state index contributed by atoms with van der Waals surface area (Å²) in [5.41, 5.74) is 1.26. The molecule has 1 saturated carbocycles. The Morgan fingerprint density at radius 2 is 1.84 bits per heavy atom. The van der Waals surface area contributed by atoms with Gasteiger partial charge in [0.05, 0.1) is 0 Å². The molecule has 0 spiro atoms. The van der Waals surface area contributed by atoms with Crippen molar-refractivity contribution in [3.05, 3.63) is 24.3 Å². The number of unbranched alkanes of at least 4 members (excludes halogenated alkanes) is 1.